The molecule has 2 N–H and O–H groups in total. The summed E-state index contributed by atoms with van der Waals surface area (Å²) in [4.78, 5) is 35.0. The monoisotopic (exact) mass is 353 g/mol. The summed E-state index contributed by atoms with van der Waals surface area (Å²) in [6, 6.07) is 11.9. The van der Waals surface area contributed by atoms with Crippen molar-refractivity contribution >= 4 is 29.7 Å². The summed E-state index contributed by atoms with van der Waals surface area (Å²) in [5.41, 5.74) is 5.70. The van der Waals surface area contributed by atoms with Crippen molar-refractivity contribution in [1.82, 2.24) is 5.43 Å². The average molecular weight is 353 g/mol. The van der Waals surface area contributed by atoms with Crippen molar-refractivity contribution < 1.29 is 19.1 Å². The van der Waals surface area contributed by atoms with Crippen molar-refractivity contribution in [2.24, 2.45) is 5.10 Å². The summed E-state index contributed by atoms with van der Waals surface area (Å²) in [6.45, 7) is 3.79. The summed E-state index contributed by atoms with van der Waals surface area (Å²) in [5, 5.41) is 6.27. The highest BCUT2D eigenvalue weighted by molar-refractivity contribution is 6.39. The molecule has 0 saturated heterocycles. The molecule has 134 valence electrons. The number of esters is 1. The highest BCUT2D eigenvalue weighted by Gasteiger charge is 2.13. The van der Waals surface area contributed by atoms with E-state index < -0.39 is 17.8 Å². The van der Waals surface area contributed by atoms with Crippen LogP contribution < -0.4 is 10.7 Å². The van der Waals surface area contributed by atoms with Gasteiger partial charge in [-0.3, -0.25) is 9.59 Å². The van der Waals surface area contributed by atoms with Gasteiger partial charge in [0.05, 0.1) is 18.9 Å². The predicted molar refractivity (Wildman–Crippen MR) is 98.1 cm³/mol. The van der Waals surface area contributed by atoms with Crippen molar-refractivity contribution in [1.29, 1.82) is 0 Å². The summed E-state index contributed by atoms with van der Waals surface area (Å²) < 4.78 is 4.60. The van der Waals surface area contributed by atoms with Gasteiger partial charge in [0.25, 0.3) is 0 Å². The van der Waals surface area contributed by atoms with E-state index in [2.05, 4.69) is 20.6 Å². The lowest BCUT2D eigenvalue weighted by Crippen LogP contribution is -2.32. The topological polar surface area (TPSA) is 96.9 Å². The molecule has 0 aliphatic rings. The molecule has 0 aliphatic carbocycles. The van der Waals surface area contributed by atoms with E-state index in [0.717, 1.165) is 11.1 Å². The Bertz CT molecular complexity index is 858. The van der Waals surface area contributed by atoms with Crippen LogP contribution in [0.1, 0.15) is 27.0 Å². The van der Waals surface area contributed by atoms with Crippen molar-refractivity contribution in [3.63, 3.8) is 0 Å². The van der Waals surface area contributed by atoms with Crippen LogP contribution in [0.3, 0.4) is 0 Å². The number of amides is 2. The molecule has 0 unspecified atom stereocenters. The van der Waals surface area contributed by atoms with Crippen LogP contribution in [0.25, 0.3) is 0 Å². The van der Waals surface area contributed by atoms with Crippen LogP contribution in [-0.2, 0) is 14.3 Å². The van der Waals surface area contributed by atoms with E-state index in [4.69, 9.17) is 0 Å². The van der Waals surface area contributed by atoms with Crippen LogP contribution in [0.5, 0.6) is 0 Å². The van der Waals surface area contributed by atoms with Gasteiger partial charge < -0.3 is 10.1 Å². The number of hydrogen-bond acceptors (Lipinski definition) is 5. The Balaban J connectivity index is 1.91. The SMILES string of the molecule is COC(=O)c1ccc(C=NNC(=O)C(=O)Nc2ccc(C)cc2C)cc1. The number of anilines is 1. The lowest BCUT2D eigenvalue weighted by Gasteiger charge is -2.08. The van der Waals surface area contributed by atoms with Crippen LogP contribution in [0.2, 0.25) is 0 Å². The first-order valence-electron chi connectivity index (χ1n) is 7.80. The standard InChI is InChI=1S/C19H19N3O4/c1-12-4-9-16(13(2)10-12)21-17(23)18(24)22-20-11-14-5-7-15(8-6-14)19(25)26-3/h4-11H,1-3H3,(H,21,23)(H,22,24). The predicted octanol–water partition coefficient (Wildman–Crippen LogP) is 2.18. The number of hydrazone groups is 1. The van der Waals surface area contributed by atoms with Crippen molar-refractivity contribution in [3.05, 3.63) is 64.7 Å². The molecule has 0 radical (unpaired) electrons. The molecular weight excluding hydrogens is 334 g/mol. The van der Waals surface area contributed by atoms with Gasteiger partial charge in [-0.1, -0.05) is 29.8 Å². The Morgan fingerprint density at radius 3 is 2.31 bits per heavy atom. The number of hydrogen-bond donors (Lipinski definition) is 2. The molecule has 26 heavy (non-hydrogen) atoms. The van der Waals surface area contributed by atoms with E-state index in [0.29, 0.717) is 16.8 Å². The van der Waals surface area contributed by atoms with E-state index in [1.165, 1.54) is 13.3 Å². The zero-order valence-electron chi connectivity index (χ0n) is 14.7. The van der Waals surface area contributed by atoms with Crippen LogP contribution in [0, 0.1) is 13.8 Å². The van der Waals surface area contributed by atoms with Crippen molar-refractivity contribution in [2.45, 2.75) is 13.8 Å². The summed E-state index contributed by atoms with van der Waals surface area (Å²) in [6.07, 6.45) is 1.36. The molecule has 0 fully saturated rings. The van der Waals surface area contributed by atoms with Gasteiger partial charge in [0.2, 0.25) is 0 Å². The summed E-state index contributed by atoms with van der Waals surface area (Å²) >= 11 is 0. The second-order valence-electron chi connectivity index (χ2n) is 5.59. The second kappa shape index (κ2) is 8.57. The molecule has 2 amide bonds. The van der Waals surface area contributed by atoms with Gasteiger partial charge in [0.15, 0.2) is 0 Å². The number of benzene rings is 2. The molecule has 2 aromatic rings. The van der Waals surface area contributed by atoms with Crippen molar-refractivity contribution in [3.8, 4) is 0 Å². The van der Waals surface area contributed by atoms with Gasteiger partial charge in [0.1, 0.15) is 0 Å². The number of aryl methyl sites for hydroxylation is 2. The van der Waals surface area contributed by atoms with Crippen LogP contribution in [-0.4, -0.2) is 31.1 Å². The molecule has 0 saturated carbocycles. The smallest absolute Gasteiger partial charge is 0.337 e. The number of rotatable bonds is 4. The Morgan fingerprint density at radius 1 is 1.00 bits per heavy atom. The maximum absolute atomic E-state index is 11.9. The molecule has 0 heterocycles. The fraction of sp³-hybridized carbons (Fsp3) is 0.158. The van der Waals surface area contributed by atoms with E-state index in [1.54, 1.807) is 30.3 Å². The minimum absolute atomic E-state index is 0.404. The van der Waals surface area contributed by atoms with E-state index in [1.807, 2.05) is 26.0 Å². The third-order valence-electron chi connectivity index (χ3n) is 3.55. The van der Waals surface area contributed by atoms with Gasteiger partial charge in [-0.05, 0) is 43.2 Å². The van der Waals surface area contributed by atoms with Gasteiger partial charge in [-0.25, -0.2) is 10.2 Å². The molecule has 2 rings (SSSR count). The normalized spacial score (nSPS) is 10.4. The number of nitrogens with one attached hydrogen (secondary N) is 2. The first-order valence-corrected chi connectivity index (χ1v) is 7.80. The Morgan fingerprint density at radius 2 is 1.69 bits per heavy atom. The van der Waals surface area contributed by atoms with Gasteiger partial charge in [-0.15, -0.1) is 0 Å². The Kier molecular flexibility index (Phi) is 6.21. The van der Waals surface area contributed by atoms with Crippen molar-refractivity contribution in [2.75, 3.05) is 12.4 Å². The zero-order chi connectivity index (χ0) is 19.1. The van der Waals surface area contributed by atoms with Gasteiger partial charge in [0, 0.05) is 5.69 Å². The van der Waals surface area contributed by atoms with Crippen LogP contribution >= 0.6 is 0 Å². The molecule has 0 aliphatic heterocycles. The molecule has 0 atom stereocenters. The highest BCUT2D eigenvalue weighted by Crippen LogP contribution is 2.15. The molecule has 2 aromatic carbocycles. The molecule has 7 heteroatoms. The third kappa shape index (κ3) is 5.01. The summed E-state index contributed by atoms with van der Waals surface area (Å²) in [7, 11) is 1.30. The Hall–Kier alpha value is -3.48. The van der Waals surface area contributed by atoms with Gasteiger partial charge in [-0.2, -0.15) is 5.10 Å². The fourth-order valence-electron chi connectivity index (χ4n) is 2.17. The third-order valence-corrected chi connectivity index (χ3v) is 3.55. The maximum Gasteiger partial charge on any atom is 0.337 e. The van der Waals surface area contributed by atoms with E-state index >= 15 is 0 Å². The number of methoxy groups -OCH3 is 1. The minimum Gasteiger partial charge on any atom is -0.465 e. The van der Waals surface area contributed by atoms with Gasteiger partial charge >= 0.3 is 17.8 Å². The molecule has 7 nitrogen and oxygen atoms in total. The van der Waals surface area contributed by atoms with E-state index in [-0.39, 0.29) is 0 Å². The number of nitrogens with zero attached hydrogens (tertiary/aromatic N) is 1. The van der Waals surface area contributed by atoms with Crippen LogP contribution in [0.4, 0.5) is 5.69 Å². The largest absolute Gasteiger partial charge is 0.465 e. The van der Waals surface area contributed by atoms with E-state index in [9.17, 15) is 14.4 Å². The molecule has 0 spiro atoms. The zero-order valence-corrected chi connectivity index (χ0v) is 14.7. The summed E-state index contributed by atoms with van der Waals surface area (Å²) in [5.74, 6) is -2.13. The first kappa shape index (κ1) is 18.9. The lowest BCUT2D eigenvalue weighted by atomic mass is 10.1. The quantitative estimate of drug-likeness (QED) is 0.381. The number of carbonyl (C=O) groups excluding carboxylic acids is 3. The maximum atomic E-state index is 11.9. The molecule has 0 aromatic heterocycles. The average Bonchev–Trinajstić information content (AvgIpc) is 2.63. The molecule has 0 bridgehead atoms. The molecular formula is C19H19N3O4. The second-order valence-corrected chi connectivity index (χ2v) is 5.59. The van der Waals surface area contributed by atoms with Crippen LogP contribution in [0.15, 0.2) is 47.6 Å². The fourth-order valence-corrected chi connectivity index (χ4v) is 2.17. The Labute approximate surface area is 151 Å². The lowest BCUT2D eigenvalue weighted by molar-refractivity contribution is -0.136. The minimum atomic E-state index is -0.882. The number of ether oxygens (including phenoxy) is 1. The first-order chi connectivity index (χ1) is 12.4. The highest BCUT2D eigenvalue weighted by atomic mass is 16.5. The number of carbonyl (C=O) groups is 3.